The third-order valence-corrected chi connectivity index (χ3v) is 2.89. The van der Waals surface area contributed by atoms with Crippen molar-refractivity contribution < 1.29 is 9.18 Å². The lowest BCUT2D eigenvalue weighted by Gasteiger charge is -2.18. The Bertz CT molecular complexity index is 478. The molecule has 0 unspecified atom stereocenters. The standard InChI is InChI=1S/C14H18FN3O/c1-3-18(4-2)14(19)10-17-9-12-6-5-11(8-16)7-13(12)15/h5-7,17H,3-4,9-10H2,1-2H3. The zero-order chi connectivity index (χ0) is 14.3. The molecule has 0 spiro atoms. The van der Waals surface area contributed by atoms with Crippen LogP contribution in [0.3, 0.4) is 0 Å². The number of nitrogens with one attached hydrogen (secondary N) is 1. The zero-order valence-electron chi connectivity index (χ0n) is 11.2. The Hall–Kier alpha value is -1.93. The van der Waals surface area contributed by atoms with Crippen molar-refractivity contribution in [3.8, 4) is 6.07 Å². The van der Waals surface area contributed by atoms with E-state index in [2.05, 4.69) is 5.32 Å². The lowest BCUT2D eigenvalue weighted by Crippen LogP contribution is -2.37. The molecule has 0 bridgehead atoms. The van der Waals surface area contributed by atoms with Crippen LogP contribution in [-0.2, 0) is 11.3 Å². The minimum Gasteiger partial charge on any atom is -0.342 e. The fourth-order valence-corrected chi connectivity index (χ4v) is 1.75. The number of halogens is 1. The van der Waals surface area contributed by atoms with Gasteiger partial charge in [-0.3, -0.25) is 4.79 Å². The largest absolute Gasteiger partial charge is 0.342 e. The topological polar surface area (TPSA) is 56.1 Å². The molecule has 5 heteroatoms. The lowest BCUT2D eigenvalue weighted by molar-refractivity contribution is -0.129. The van der Waals surface area contributed by atoms with Crippen LogP contribution in [0, 0.1) is 17.1 Å². The summed E-state index contributed by atoms with van der Waals surface area (Å²) in [6.45, 7) is 5.62. The van der Waals surface area contributed by atoms with Gasteiger partial charge in [-0.1, -0.05) is 6.07 Å². The van der Waals surface area contributed by atoms with Crippen molar-refractivity contribution in [2.75, 3.05) is 19.6 Å². The van der Waals surface area contributed by atoms with Crippen LogP contribution in [0.4, 0.5) is 4.39 Å². The first-order valence-corrected chi connectivity index (χ1v) is 6.29. The molecule has 19 heavy (non-hydrogen) atoms. The SMILES string of the molecule is CCN(CC)C(=O)CNCc1ccc(C#N)cc1F. The van der Waals surface area contributed by atoms with Gasteiger partial charge >= 0.3 is 0 Å². The highest BCUT2D eigenvalue weighted by atomic mass is 19.1. The van der Waals surface area contributed by atoms with Crippen LogP contribution in [0.2, 0.25) is 0 Å². The third kappa shape index (κ3) is 4.34. The number of carbonyl (C=O) groups excluding carboxylic acids is 1. The summed E-state index contributed by atoms with van der Waals surface area (Å²) in [6.07, 6.45) is 0. The monoisotopic (exact) mass is 263 g/mol. The van der Waals surface area contributed by atoms with Gasteiger partial charge in [0, 0.05) is 25.2 Å². The molecule has 1 aromatic rings. The van der Waals surface area contributed by atoms with Crippen LogP contribution < -0.4 is 5.32 Å². The van der Waals surface area contributed by atoms with Gasteiger partial charge < -0.3 is 10.2 Å². The van der Waals surface area contributed by atoms with Gasteiger partial charge in [-0.15, -0.1) is 0 Å². The second-order valence-electron chi connectivity index (χ2n) is 4.09. The van der Waals surface area contributed by atoms with E-state index in [1.54, 1.807) is 17.0 Å². The number of benzene rings is 1. The molecule has 1 aromatic carbocycles. The maximum Gasteiger partial charge on any atom is 0.236 e. The van der Waals surface area contributed by atoms with Gasteiger partial charge in [-0.05, 0) is 26.0 Å². The van der Waals surface area contributed by atoms with Crippen LogP contribution in [0.5, 0.6) is 0 Å². The molecule has 1 rings (SSSR count). The fraction of sp³-hybridized carbons (Fsp3) is 0.429. The normalized spacial score (nSPS) is 10.0. The summed E-state index contributed by atoms with van der Waals surface area (Å²) >= 11 is 0. The number of rotatable bonds is 6. The van der Waals surface area contributed by atoms with Crippen molar-refractivity contribution in [2.24, 2.45) is 0 Å². The molecule has 4 nitrogen and oxygen atoms in total. The average molecular weight is 263 g/mol. The Labute approximate surface area is 112 Å². The van der Waals surface area contributed by atoms with Gasteiger partial charge in [0.15, 0.2) is 0 Å². The Balaban J connectivity index is 2.50. The molecule has 102 valence electrons. The van der Waals surface area contributed by atoms with Crippen molar-refractivity contribution in [2.45, 2.75) is 20.4 Å². The number of hydrogen-bond acceptors (Lipinski definition) is 3. The molecular weight excluding hydrogens is 245 g/mol. The van der Waals surface area contributed by atoms with E-state index in [0.29, 0.717) is 24.2 Å². The predicted molar refractivity (Wildman–Crippen MR) is 70.7 cm³/mol. The van der Waals surface area contributed by atoms with Crippen molar-refractivity contribution in [3.63, 3.8) is 0 Å². The van der Waals surface area contributed by atoms with E-state index in [-0.39, 0.29) is 19.0 Å². The number of amides is 1. The molecule has 1 N–H and O–H groups in total. The highest BCUT2D eigenvalue weighted by Crippen LogP contribution is 2.09. The molecule has 0 saturated carbocycles. The van der Waals surface area contributed by atoms with Crippen molar-refractivity contribution in [1.29, 1.82) is 5.26 Å². The van der Waals surface area contributed by atoms with E-state index < -0.39 is 5.82 Å². The number of hydrogen-bond donors (Lipinski definition) is 1. The third-order valence-electron chi connectivity index (χ3n) is 2.89. The van der Waals surface area contributed by atoms with E-state index in [0.717, 1.165) is 0 Å². The maximum atomic E-state index is 13.6. The minimum absolute atomic E-state index is 0.000877. The number of nitrogens with zero attached hydrogens (tertiary/aromatic N) is 2. The molecule has 0 heterocycles. The zero-order valence-corrected chi connectivity index (χ0v) is 11.2. The van der Waals surface area contributed by atoms with E-state index in [9.17, 15) is 9.18 Å². The van der Waals surface area contributed by atoms with Gasteiger partial charge in [-0.25, -0.2) is 4.39 Å². The quantitative estimate of drug-likeness (QED) is 0.849. The minimum atomic E-state index is -0.429. The van der Waals surface area contributed by atoms with Gasteiger partial charge in [0.05, 0.1) is 18.2 Å². The van der Waals surface area contributed by atoms with E-state index in [1.807, 2.05) is 19.9 Å². The highest BCUT2D eigenvalue weighted by molar-refractivity contribution is 5.78. The second-order valence-corrected chi connectivity index (χ2v) is 4.09. The molecule has 1 amide bonds. The Morgan fingerprint density at radius 2 is 2.11 bits per heavy atom. The first-order chi connectivity index (χ1) is 9.12. The van der Waals surface area contributed by atoms with Crippen molar-refractivity contribution in [1.82, 2.24) is 10.2 Å². The first kappa shape index (κ1) is 15.1. The number of likely N-dealkylation sites (N-methyl/N-ethyl adjacent to an activating group) is 1. The molecule has 0 aliphatic rings. The van der Waals surface area contributed by atoms with Crippen LogP contribution in [0.25, 0.3) is 0 Å². The summed E-state index contributed by atoms with van der Waals surface area (Å²) in [5.74, 6) is -0.430. The summed E-state index contributed by atoms with van der Waals surface area (Å²) in [5.41, 5.74) is 0.742. The second kappa shape index (κ2) is 7.49. The highest BCUT2D eigenvalue weighted by Gasteiger charge is 2.09. The molecule has 0 aliphatic heterocycles. The summed E-state index contributed by atoms with van der Waals surface area (Å²) in [7, 11) is 0. The van der Waals surface area contributed by atoms with E-state index >= 15 is 0 Å². The first-order valence-electron chi connectivity index (χ1n) is 6.29. The van der Waals surface area contributed by atoms with Gasteiger partial charge in [0.25, 0.3) is 0 Å². The maximum absolute atomic E-state index is 13.6. The van der Waals surface area contributed by atoms with Gasteiger partial charge in [0.2, 0.25) is 5.91 Å². The molecule has 0 aliphatic carbocycles. The predicted octanol–water partition coefficient (Wildman–Crippen LogP) is 1.66. The van der Waals surface area contributed by atoms with Gasteiger partial charge in [0.1, 0.15) is 5.82 Å². The van der Waals surface area contributed by atoms with Gasteiger partial charge in [-0.2, -0.15) is 5.26 Å². The summed E-state index contributed by atoms with van der Waals surface area (Å²) < 4.78 is 13.6. The summed E-state index contributed by atoms with van der Waals surface area (Å²) in [5, 5.41) is 11.5. The van der Waals surface area contributed by atoms with Crippen LogP contribution in [-0.4, -0.2) is 30.4 Å². The van der Waals surface area contributed by atoms with E-state index in [1.165, 1.54) is 6.07 Å². The summed E-state index contributed by atoms with van der Waals surface area (Å²) in [6, 6.07) is 6.20. The Morgan fingerprint density at radius 3 is 2.63 bits per heavy atom. The average Bonchev–Trinajstić information content (AvgIpc) is 2.42. The van der Waals surface area contributed by atoms with E-state index in [4.69, 9.17) is 5.26 Å². The summed E-state index contributed by atoms with van der Waals surface area (Å²) in [4.78, 5) is 13.4. The molecule has 0 saturated heterocycles. The molecule has 0 fully saturated rings. The molecule has 0 radical (unpaired) electrons. The Kier molecular flexibility index (Phi) is 5.97. The number of nitriles is 1. The van der Waals surface area contributed by atoms with Crippen LogP contribution in [0.15, 0.2) is 18.2 Å². The van der Waals surface area contributed by atoms with Crippen molar-refractivity contribution >= 4 is 5.91 Å². The van der Waals surface area contributed by atoms with Crippen LogP contribution in [0.1, 0.15) is 25.0 Å². The molecular formula is C14H18FN3O. The smallest absolute Gasteiger partial charge is 0.236 e. The fourth-order valence-electron chi connectivity index (χ4n) is 1.75. The Morgan fingerprint density at radius 1 is 1.42 bits per heavy atom. The molecule has 0 atom stereocenters. The van der Waals surface area contributed by atoms with Crippen molar-refractivity contribution in [3.05, 3.63) is 35.1 Å². The number of carbonyl (C=O) groups is 1. The lowest BCUT2D eigenvalue weighted by atomic mass is 10.1. The van der Waals surface area contributed by atoms with Crippen LogP contribution >= 0.6 is 0 Å². The molecule has 0 aromatic heterocycles.